The predicted octanol–water partition coefficient (Wildman–Crippen LogP) is 3.06. The molecule has 5 heteroatoms. The Hall–Kier alpha value is -2.04. The van der Waals surface area contributed by atoms with E-state index in [4.69, 9.17) is 0 Å². The SMILES string of the molecule is C[C@@H](NC(=O)C12CC3CC(CC(C3)C1)C2)C(=O)N1CCN(c2ccccc2)CC1. The van der Waals surface area contributed by atoms with E-state index in [2.05, 4.69) is 34.5 Å². The van der Waals surface area contributed by atoms with Gasteiger partial charge in [-0.2, -0.15) is 0 Å². The van der Waals surface area contributed by atoms with Gasteiger partial charge in [0.15, 0.2) is 0 Å². The molecule has 1 aromatic rings. The summed E-state index contributed by atoms with van der Waals surface area (Å²) in [4.78, 5) is 30.5. The summed E-state index contributed by atoms with van der Waals surface area (Å²) in [6, 6.07) is 9.93. The van der Waals surface area contributed by atoms with Gasteiger partial charge in [-0.15, -0.1) is 0 Å². The van der Waals surface area contributed by atoms with Gasteiger partial charge in [0.05, 0.1) is 0 Å². The molecule has 0 spiro atoms. The summed E-state index contributed by atoms with van der Waals surface area (Å²) in [5.74, 6) is 2.44. The molecular formula is C24H33N3O2. The smallest absolute Gasteiger partial charge is 0.244 e. The molecule has 5 nitrogen and oxygen atoms in total. The first-order valence-corrected chi connectivity index (χ1v) is 11.4. The lowest BCUT2D eigenvalue weighted by Gasteiger charge is -2.55. The first kappa shape index (κ1) is 19.0. The van der Waals surface area contributed by atoms with E-state index in [-0.39, 0.29) is 17.2 Å². The summed E-state index contributed by atoms with van der Waals surface area (Å²) in [7, 11) is 0. The molecule has 4 aliphatic carbocycles. The Morgan fingerprint density at radius 3 is 2.03 bits per heavy atom. The van der Waals surface area contributed by atoms with Crippen molar-refractivity contribution in [1.29, 1.82) is 0 Å². The van der Waals surface area contributed by atoms with Crippen LogP contribution in [0.25, 0.3) is 0 Å². The van der Waals surface area contributed by atoms with Crippen molar-refractivity contribution in [1.82, 2.24) is 10.2 Å². The molecule has 1 N–H and O–H groups in total. The van der Waals surface area contributed by atoms with Crippen molar-refractivity contribution in [3.63, 3.8) is 0 Å². The van der Waals surface area contributed by atoms with Crippen molar-refractivity contribution in [2.45, 2.75) is 51.5 Å². The molecule has 1 aliphatic heterocycles. The van der Waals surface area contributed by atoms with Crippen molar-refractivity contribution in [3.8, 4) is 0 Å². The van der Waals surface area contributed by atoms with Crippen molar-refractivity contribution in [3.05, 3.63) is 30.3 Å². The van der Waals surface area contributed by atoms with Crippen LogP contribution in [0.3, 0.4) is 0 Å². The molecular weight excluding hydrogens is 362 g/mol. The molecule has 4 saturated carbocycles. The van der Waals surface area contributed by atoms with Crippen molar-refractivity contribution in [2.24, 2.45) is 23.2 Å². The molecule has 29 heavy (non-hydrogen) atoms. The second-order valence-corrected chi connectivity index (χ2v) is 10.0. The minimum atomic E-state index is -0.432. The largest absolute Gasteiger partial charge is 0.368 e. The highest BCUT2D eigenvalue weighted by molar-refractivity contribution is 5.90. The van der Waals surface area contributed by atoms with Crippen LogP contribution in [0.1, 0.15) is 45.4 Å². The normalized spacial score (nSPS) is 34.2. The molecule has 5 fully saturated rings. The average Bonchev–Trinajstić information content (AvgIpc) is 2.73. The van der Waals surface area contributed by atoms with Gasteiger partial charge in [-0.25, -0.2) is 0 Å². The monoisotopic (exact) mass is 395 g/mol. The van der Waals surface area contributed by atoms with E-state index in [0.717, 1.165) is 50.1 Å². The van der Waals surface area contributed by atoms with Crippen LogP contribution in [0.15, 0.2) is 30.3 Å². The van der Waals surface area contributed by atoms with E-state index in [0.29, 0.717) is 13.1 Å². The maximum absolute atomic E-state index is 13.2. The van der Waals surface area contributed by atoms with E-state index in [9.17, 15) is 9.59 Å². The summed E-state index contributed by atoms with van der Waals surface area (Å²) < 4.78 is 0. The van der Waals surface area contributed by atoms with E-state index in [1.54, 1.807) is 0 Å². The quantitative estimate of drug-likeness (QED) is 0.853. The number of carbonyl (C=O) groups excluding carboxylic acids is 2. The van der Waals surface area contributed by atoms with Crippen molar-refractivity contribution >= 4 is 17.5 Å². The zero-order valence-corrected chi connectivity index (χ0v) is 17.5. The van der Waals surface area contributed by atoms with Crippen LogP contribution in [0, 0.1) is 23.2 Å². The average molecular weight is 396 g/mol. The topological polar surface area (TPSA) is 52.7 Å². The molecule has 4 bridgehead atoms. The van der Waals surface area contributed by atoms with Gasteiger partial charge in [0.25, 0.3) is 0 Å². The first-order chi connectivity index (χ1) is 14.0. The van der Waals surface area contributed by atoms with E-state index < -0.39 is 6.04 Å². The fraction of sp³-hybridized carbons (Fsp3) is 0.667. The Morgan fingerprint density at radius 2 is 1.48 bits per heavy atom. The van der Waals surface area contributed by atoms with Gasteiger partial charge in [-0.3, -0.25) is 9.59 Å². The maximum Gasteiger partial charge on any atom is 0.244 e. The lowest BCUT2D eigenvalue weighted by Crippen LogP contribution is -2.58. The van der Waals surface area contributed by atoms with Gasteiger partial charge in [0.2, 0.25) is 11.8 Å². The van der Waals surface area contributed by atoms with Crippen LogP contribution in [-0.2, 0) is 9.59 Å². The van der Waals surface area contributed by atoms with Crippen LogP contribution < -0.4 is 10.2 Å². The Kier molecular flexibility index (Phi) is 4.79. The Labute approximate surface area is 173 Å². The van der Waals surface area contributed by atoms with Crippen LogP contribution in [0.5, 0.6) is 0 Å². The van der Waals surface area contributed by atoms with Gasteiger partial charge >= 0.3 is 0 Å². The molecule has 0 aromatic heterocycles. The van der Waals surface area contributed by atoms with Gasteiger partial charge in [0, 0.05) is 37.3 Å². The number of benzene rings is 1. The minimum Gasteiger partial charge on any atom is -0.368 e. The minimum absolute atomic E-state index is 0.0655. The van der Waals surface area contributed by atoms with E-state index in [1.807, 2.05) is 17.9 Å². The Bertz CT molecular complexity index is 734. The highest BCUT2D eigenvalue weighted by Gasteiger charge is 2.54. The molecule has 5 aliphatic rings. The number of hydrogen-bond donors (Lipinski definition) is 1. The number of nitrogens with zero attached hydrogens (tertiary/aromatic N) is 2. The molecule has 1 saturated heterocycles. The molecule has 0 unspecified atom stereocenters. The van der Waals surface area contributed by atoms with Crippen LogP contribution in [0.2, 0.25) is 0 Å². The molecule has 1 atom stereocenters. The van der Waals surface area contributed by atoms with Gasteiger partial charge in [0.1, 0.15) is 6.04 Å². The lowest BCUT2D eigenvalue weighted by atomic mass is 9.49. The Balaban J connectivity index is 1.17. The van der Waals surface area contributed by atoms with Crippen molar-refractivity contribution in [2.75, 3.05) is 31.1 Å². The standard InChI is InChI=1S/C24H33N3O2/c1-17(22(28)27-9-7-26(8-10-27)21-5-3-2-4-6-21)25-23(29)24-14-18-11-19(15-24)13-20(12-18)16-24/h2-6,17-20H,7-16H2,1H3,(H,25,29)/t17-,18?,19?,20?,24?/m1/s1. The third-order valence-electron chi connectivity index (χ3n) is 7.95. The number of anilines is 1. The number of amides is 2. The second kappa shape index (κ2) is 7.33. The van der Waals surface area contributed by atoms with Gasteiger partial charge in [-0.05, 0) is 75.3 Å². The number of hydrogen-bond acceptors (Lipinski definition) is 3. The van der Waals surface area contributed by atoms with E-state index >= 15 is 0 Å². The molecule has 1 aromatic carbocycles. The molecule has 2 amide bonds. The summed E-state index contributed by atoms with van der Waals surface area (Å²) in [6.45, 7) is 4.97. The van der Waals surface area contributed by atoms with Gasteiger partial charge < -0.3 is 15.1 Å². The molecule has 156 valence electrons. The summed E-state index contributed by atoms with van der Waals surface area (Å²) >= 11 is 0. The number of para-hydroxylation sites is 1. The molecule has 1 heterocycles. The lowest BCUT2D eigenvalue weighted by molar-refractivity contribution is -0.149. The fourth-order valence-corrected chi connectivity index (χ4v) is 6.90. The third-order valence-corrected chi connectivity index (χ3v) is 7.95. The zero-order chi connectivity index (χ0) is 20.0. The van der Waals surface area contributed by atoms with Gasteiger partial charge in [-0.1, -0.05) is 18.2 Å². The first-order valence-electron chi connectivity index (χ1n) is 11.4. The summed E-state index contributed by atoms with van der Waals surface area (Å²) in [6.07, 6.45) is 7.11. The summed E-state index contributed by atoms with van der Waals surface area (Å²) in [5, 5.41) is 3.13. The maximum atomic E-state index is 13.2. The number of nitrogens with one attached hydrogen (secondary N) is 1. The Morgan fingerprint density at radius 1 is 0.931 bits per heavy atom. The zero-order valence-electron chi connectivity index (χ0n) is 17.5. The van der Waals surface area contributed by atoms with Crippen LogP contribution in [-0.4, -0.2) is 48.9 Å². The fourth-order valence-electron chi connectivity index (χ4n) is 6.90. The van der Waals surface area contributed by atoms with E-state index in [1.165, 1.54) is 24.9 Å². The highest BCUT2D eigenvalue weighted by Crippen LogP contribution is 2.60. The predicted molar refractivity (Wildman–Crippen MR) is 113 cm³/mol. The van der Waals surface area contributed by atoms with Crippen molar-refractivity contribution < 1.29 is 9.59 Å². The van der Waals surface area contributed by atoms with Crippen LogP contribution in [0.4, 0.5) is 5.69 Å². The third kappa shape index (κ3) is 3.53. The molecule has 6 rings (SSSR count). The highest BCUT2D eigenvalue weighted by atomic mass is 16.2. The number of piperazine rings is 1. The number of rotatable bonds is 4. The number of carbonyl (C=O) groups is 2. The molecule has 0 radical (unpaired) electrons. The second-order valence-electron chi connectivity index (χ2n) is 10.0. The summed E-state index contributed by atoms with van der Waals surface area (Å²) in [5.41, 5.74) is 1.03. The van der Waals surface area contributed by atoms with Crippen LogP contribution >= 0.6 is 0 Å².